The lowest BCUT2D eigenvalue weighted by Gasteiger charge is -2.34. The molecule has 1 N–H and O–H groups in total. The van der Waals surface area contributed by atoms with Crippen molar-refractivity contribution in [1.29, 1.82) is 0 Å². The highest BCUT2D eigenvalue weighted by molar-refractivity contribution is 5.85. The Hall–Kier alpha value is -1.63. The van der Waals surface area contributed by atoms with Gasteiger partial charge in [-0.25, -0.2) is 8.78 Å². The van der Waals surface area contributed by atoms with Crippen molar-refractivity contribution in [1.82, 2.24) is 10.2 Å². The molecule has 126 valence electrons. The smallest absolute Gasteiger partial charge is 0.173 e. The van der Waals surface area contributed by atoms with E-state index in [4.69, 9.17) is 9.15 Å². The van der Waals surface area contributed by atoms with Crippen LogP contribution >= 0.6 is 12.4 Å². The van der Waals surface area contributed by atoms with E-state index in [1.165, 1.54) is 25.5 Å². The van der Waals surface area contributed by atoms with Crippen molar-refractivity contribution in [3.63, 3.8) is 0 Å². The first-order valence-electron chi connectivity index (χ1n) is 7.22. The minimum absolute atomic E-state index is 0. The van der Waals surface area contributed by atoms with Gasteiger partial charge in [-0.1, -0.05) is 0 Å². The molecule has 1 fully saturated rings. The number of hydrogen-bond acceptors (Lipinski definition) is 4. The third-order valence-electron chi connectivity index (χ3n) is 3.91. The molecule has 1 aliphatic rings. The van der Waals surface area contributed by atoms with E-state index >= 15 is 0 Å². The fourth-order valence-electron chi connectivity index (χ4n) is 2.85. The van der Waals surface area contributed by atoms with Crippen molar-refractivity contribution >= 4 is 12.4 Å². The van der Waals surface area contributed by atoms with Gasteiger partial charge in [-0.3, -0.25) is 4.90 Å². The molecule has 0 spiro atoms. The third-order valence-corrected chi connectivity index (χ3v) is 3.91. The summed E-state index contributed by atoms with van der Waals surface area (Å²) in [5, 5.41) is 3.23. The molecular formula is C16H19ClF2N2O2. The molecule has 2 heterocycles. The predicted octanol–water partition coefficient (Wildman–Crippen LogP) is 2.98. The Morgan fingerprint density at radius 1 is 1.22 bits per heavy atom. The topological polar surface area (TPSA) is 37.6 Å². The number of furan rings is 1. The molecule has 23 heavy (non-hydrogen) atoms. The highest BCUT2D eigenvalue weighted by Gasteiger charge is 2.32. The average Bonchev–Trinajstić information content (AvgIpc) is 3.06. The third kappa shape index (κ3) is 3.49. The van der Waals surface area contributed by atoms with Crippen LogP contribution in [-0.2, 0) is 0 Å². The molecule has 4 nitrogen and oxygen atoms in total. The Balaban J connectivity index is 0.00000192. The van der Waals surface area contributed by atoms with Gasteiger partial charge in [0, 0.05) is 26.2 Å². The van der Waals surface area contributed by atoms with Crippen LogP contribution in [0.25, 0.3) is 0 Å². The first kappa shape index (κ1) is 17.7. The number of methoxy groups -OCH3 is 1. The molecule has 1 aromatic carbocycles. The van der Waals surface area contributed by atoms with Gasteiger partial charge in [-0.15, -0.1) is 12.4 Å². The van der Waals surface area contributed by atoms with Crippen molar-refractivity contribution in [3.8, 4) is 5.75 Å². The molecule has 1 saturated heterocycles. The van der Waals surface area contributed by atoms with Crippen LogP contribution in [-0.4, -0.2) is 38.2 Å². The molecule has 0 amide bonds. The van der Waals surface area contributed by atoms with Crippen LogP contribution in [0.4, 0.5) is 8.78 Å². The Labute approximate surface area is 139 Å². The molecule has 1 atom stereocenters. The fourth-order valence-corrected chi connectivity index (χ4v) is 2.85. The lowest BCUT2D eigenvalue weighted by atomic mass is 10.00. The number of ether oxygens (including phenoxy) is 1. The van der Waals surface area contributed by atoms with Gasteiger partial charge in [-0.2, -0.15) is 0 Å². The highest BCUT2D eigenvalue weighted by atomic mass is 35.5. The molecule has 3 rings (SSSR count). The minimum Gasteiger partial charge on any atom is -0.494 e. The second-order valence-electron chi connectivity index (χ2n) is 5.18. The van der Waals surface area contributed by atoms with E-state index in [0.29, 0.717) is 18.8 Å². The van der Waals surface area contributed by atoms with Gasteiger partial charge in [0.25, 0.3) is 0 Å². The Kier molecular flexibility index (Phi) is 5.98. The van der Waals surface area contributed by atoms with E-state index in [1.54, 1.807) is 12.1 Å². The maximum absolute atomic E-state index is 14.7. The zero-order chi connectivity index (χ0) is 15.5. The second-order valence-corrected chi connectivity index (χ2v) is 5.18. The van der Waals surface area contributed by atoms with Crippen LogP contribution in [0.2, 0.25) is 0 Å². The van der Waals surface area contributed by atoms with E-state index in [-0.39, 0.29) is 23.7 Å². The number of nitrogens with one attached hydrogen (secondary N) is 1. The Morgan fingerprint density at radius 3 is 2.57 bits per heavy atom. The summed E-state index contributed by atoms with van der Waals surface area (Å²) in [4.78, 5) is 2.01. The largest absolute Gasteiger partial charge is 0.494 e. The monoisotopic (exact) mass is 344 g/mol. The van der Waals surface area contributed by atoms with Crippen LogP contribution in [0.1, 0.15) is 17.4 Å². The number of piperazine rings is 1. The van der Waals surface area contributed by atoms with Gasteiger partial charge in [0.05, 0.1) is 25.0 Å². The lowest BCUT2D eigenvalue weighted by molar-refractivity contribution is 0.173. The summed E-state index contributed by atoms with van der Waals surface area (Å²) >= 11 is 0. The molecular weight excluding hydrogens is 326 g/mol. The fraction of sp³-hybridized carbons (Fsp3) is 0.375. The van der Waals surface area contributed by atoms with Gasteiger partial charge < -0.3 is 14.5 Å². The molecule has 2 aromatic rings. The minimum atomic E-state index is -0.678. The number of rotatable bonds is 4. The molecule has 0 bridgehead atoms. The van der Waals surface area contributed by atoms with E-state index in [1.807, 2.05) is 4.90 Å². The number of hydrogen-bond donors (Lipinski definition) is 1. The van der Waals surface area contributed by atoms with Crippen molar-refractivity contribution in [2.24, 2.45) is 0 Å². The van der Waals surface area contributed by atoms with Gasteiger partial charge in [0.2, 0.25) is 0 Å². The first-order valence-corrected chi connectivity index (χ1v) is 7.22. The standard InChI is InChI=1S/C16H18F2N2O2.ClH/c1-21-12-5-4-11(17)14(15(12)18)16(13-3-2-10-22-13)20-8-6-19-7-9-20;/h2-5,10,16,19H,6-9H2,1H3;1H/t16-;/m1./s1. The first-order chi connectivity index (χ1) is 10.7. The zero-order valence-corrected chi connectivity index (χ0v) is 13.5. The normalized spacial score (nSPS) is 16.7. The lowest BCUT2D eigenvalue weighted by Crippen LogP contribution is -2.45. The maximum atomic E-state index is 14.7. The van der Waals surface area contributed by atoms with Crippen molar-refractivity contribution < 1.29 is 17.9 Å². The van der Waals surface area contributed by atoms with Crippen LogP contribution in [0, 0.1) is 11.6 Å². The summed E-state index contributed by atoms with van der Waals surface area (Å²) < 4.78 is 39.5. The van der Waals surface area contributed by atoms with Gasteiger partial charge >= 0.3 is 0 Å². The van der Waals surface area contributed by atoms with Crippen molar-refractivity contribution in [3.05, 3.63) is 53.5 Å². The van der Waals surface area contributed by atoms with E-state index in [0.717, 1.165) is 13.1 Å². The molecule has 0 radical (unpaired) electrons. The molecule has 0 unspecified atom stereocenters. The maximum Gasteiger partial charge on any atom is 0.173 e. The summed E-state index contributed by atoms with van der Waals surface area (Å²) in [6.45, 7) is 2.90. The van der Waals surface area contributed by atoms with Crippen LogP contribution in [0.15, 0.2) is 34.9 Å². The zero-order valence-electron chi connectivity index (χ0n) is 12.7. The summed E-state index contributed by atoms with van der Waals surface area (Å²) in [5.41, 5.74) is -0.0313. The van der Waals surface area contributed by atoms with Crippen molar-refractivity contribution in [2.45, 2.75) is 6.04 Å². The van der Waals surface area contributed by atoms with E-state index in [2.05, 4.69) is 5.32 Å². The van der Waals surface area contributed by atoms with E-state index in [9.17, 15) is 8.78 Å². The summed E-state index contributed by atoms with van der Waals surface area (Å²) in [6, 6.07) is 5.39. The highest BCUT2D eigenvalue weighted by Crippen LogP contribution is 2.36. The van der Waals surface area contributed by atoms with Crippen LogP contribution in [0.5, 0.6) is 5.75 Å². The SMILES string of the molecule is COc1ccc(F)c([C@@H](c2ccco2)N2CCNCC2)c1F.Cl. The number of halogens is 3. The quantitative estimate of drug-likeness (QED) is 0.925. The molecule has 0 saturated carbocycles. The van der Waals surface area contributed by atoms with Crippen molar-refractivity contribution in [2.75, 3.05) is 33.3 Å². The van der Waals surface area contributed by atoms with Gasteiger partial charge in [0.15, 0.2) is 11.6 Å². The number of benzene rings is 1. The average molecular weight is 345 g/mol. The molecule has 7 heteroatoms. The summed E-state index contributed by atoms with van der Waals surface area (Å²) in [5.74, 6) is -0.725. The Bertz CT molecular complexity index is 631. The number of nitrogens with zero attached hydrogens (tertiary/aromatic N) is 1. The van der Waals surface area contributed by atoms with E-state index < -0.39 is 17.7 Å². The van der Waals surface area contributed by atoms with Gasteiger partial charge in [-0.05, 0) is 24.3 Å². The molecule has 0 aliphatic carbocycles. The Morgan fingerprint density at radius 2 is 1.96 bits per heavy atom. The summed E-state index contributed by atoms with van der Waals surface area (Å²) in [7, 11) is 1.37. The molecule has 1 aliphatic heterocycles. The van der Waals surface area contributed by atoms with Crippen LogP contribution in [0.3, 0.4) is 0 Å². The summed E-state index contributed by atoms with van der Waals surface area (Å²) in [6.07, 6.45) is 1.51. The van der Waals surface area contributed by atoms with Crippen LogP contribution < -0.4 is 10.1 Å². The predicted molar refractivity (Wildman–Crippen MR) is 85.2 cm³/mol. The second kappa shape index (κ2) is 7.77. The van der Waals surface area contributed by atoms with Gasteiger partial charge in [0.1, 0.15) is 11.6 Å². The molecule has 1 aromatic heterocycles.